The van der Waals surface area contributed by atoms with Crippen LogP contribution in [0.4, 0.5) is 24.7 Å². The Morgan fingerprint density at radius 1 is 1.07 bits per heavy atom. The Hall–Kier alpha value is -4.09. The van der Waals surface area contributed by atoms with Gasteiger partial charge in [-0.15, -0.1) is 0 Å². The number of anilines is 2. The highest BCUT2D eigenvalue weighted by atomic mass is 19.4. The first-order chi connectivity index (χ1) is 21.2. The number of nitrogens with zero attached hydrogens (tertiary/aromatic N) is 3. The number of nitrogens with one attached hydrogen (secondary N) is 1. The first-order valence-electron chi connectivity index (χ1n) is 15.4. The van der Waals surface area contributed by atoms with Gasteiger partial charge >= 0.3 is 18.1 Å². The number of unbranched alkanes of at least 4 members (excludes halogenated alkanes) is 1. The fraction of sp³-hybridized carbons (Fsp3) is 0.515. The fourth-order valence-electron chi connectivity index (χ4n) is 5.66. The van der Waals surface area contributed by atoms with Gasteiger partial charge in [0.1, 0.15) is 17.1 Å². The van der Waals surface area contributed by atoms with Crippen molar-refractivity contribution in [2.45, 2.75) is 89.8 Å². The number of hydrogen-bond acceptors (Lipinski definition) is 6. The third-order valence-electron chi connectivity index (χ3n) is 8.23. The summed E-state index contributed by atoms with van der Waals surface area (Å²) in [6.07, 6.45) is 1.37. The first-order valence-corrected chi connectivity index (χ1v) is 15.4. The van der Waals surface area contributed by atoms with E-state index in [2.05, 4.69) is 9.88 Å². The van der Waals surface area contributed by atoms with Crippen molar-refractivity contribution in [2.75, 3.05) is 29.9 Å². The highest BCUT2D eigenvalue weighted by molar-refractivity contribution is 6.03. The monoisotopic (exact) mass is 628 g/mol. The zero-order chi connectivity index (χ0) is 32.5. The highest BCUT2D eigenvalue weighted by Gasteiger charge is 2.40. The van der Waals surface area contributed by atoms with Gasteiger partial charge in [0.25, 0.3) is 0 Å². The predicted octanol–water partition coefficient (Wildman–Crippen LogP) is 6.83. The molecule has 1 saturated heterocycles. The number of aliphatic carboxylic acids is 1. The number of ether oxygens (including phenoxy) is 1. The molecule has 2 fully saturated rings. The van der Waals surface area contributed by atoms with E-state index >= 15 is 0 Å². The Morgan fingerprint density at radius 2 is 1.78 bits per heavy atom. The van der Waals surface area contributed by atoms with Crippen LogP contribution in [0, 0.1) is 0 Å². The van der Waals surface area contributed by atoms with Crippen LogP contribution in [-0.2, 0) is 21.5 Å². The standard InChI is InChI=1S/C33H39F3N4O5/c1-32(2,3)23-16-22(17-25(39-13-5-6-14-39)29(23)45-15-7-4-8-27(42)43)26(41)19-40-18-21-11-12-24(20-9-10-20)37-28(21)30(40)38-31(44)33(34,35)36/h11-12,16-18,20H,4-10,13-15,19H2,1-3H3,(H,38,44)(H,42,43). The lowest BCUT2D eigenvalue weighted by Crippen LogP contribution is -2.31. The topological polar surface area (TPSA) is 114 Å². The minimum Gasteiger partial charge on any atom is -0.491 e. The molecule has 0 unspecified atom stereocenters. The molecule has 1 aliphatic carbocycles. The van der Waals surface area contributed by atoms with Crippen LogP contribution in [0.25, 0.3) is 10.9 Å². The molecule has 0 radical (unpaired) electrons. The van der Waals surface area contributed by atoms with E-state index in [1.54, 1.807) is 24.4 Å². The number of carbonyl (C=O) groups is 3. The summed E-state index contributed by atoms with van der Waals surface area (Å²) < 4.78 is 47.6. The number of Topliss-reactive ketones (excluding diaryl/α,β-unsaturated/α-hetero) is 1. The molecule has 2 aromatic heterocycles. The van der Waals surface area contributed by atoms with Crippen molar-refractivity contribution in [1.29, 1.82) is 0 Å². The molecule has 242 valence electrons. The van der Waals surface area contributed by atoms with Crippen molar-refractivity contribution in [3.8, 4) is 5.75 Å². The molecular weight excluding hydrogens is 589 g/mol. The minimum absolute atomic E-state index is 0.0547. The number of amides is 1. The number of ketones is 1. The predicted molar refractivity (Wildman–Crippen MR) is 164 cm³/mol. The van der Waals surface area contributed by atoms with Gasteiger partial charge < -0.3 is 24.6 Å². The number of carboxylic acid groups (broad SMARTS) is 1. The molecule has 1 aliphatic heterocycles. The third-order valence-corrected chi connectivity index (χ3v) is 8.23. The molecular formula is C33H39F3N4O5. The van der Waals surface area contributed by atoms with E-state index in [9.17, 15) is 27.6 Å². The van der Waals surface area contributed by atoms with Crippen LogP contribution in [0.2, 0.25) is 0 Å². The van der Waals surface area contributed by atoms with Crippen molar-refractivity contribution < 1.29 is 37.4 Å². The maximum absolute atomic E-state index is 13.9. The van der Waals surface area contributed by atoms with Gasteiger partial charge in [-0.25, -0.2) is 4.98 Å². The van der Waals surface area contributed by atoms with Crippen LogP contribution in [-0.4, -0.2) is 58.2 Å². The molecule has 1 amide bonds. The molecule has 0 atom stereocenters. The molecule has 3 aromatic rings. The molecule has 1 saturated carbocycles. The molecule has 12 heteroatoms. The second kappa shape index (κ2) is 12.7. The summed E-state index contributed by atoms with van der Waals surface area (Å²) in [6.45, 7) is 7.58. The van der Waals surface area contributed by atoms with Crippen LogP contribution in [0.5, 0.6) is 5.75 Å². The maximum Gasteiger partial charge on any atom is 0.471 e. The maximum atomic E-state index is 13.9. The average Bonchev–Trinajstić information content (AvgIpc) is 3.56. The van der Waals surface area contributed by atoms with E-state index in [-0.39, 0.29) is 36.0 Å². The number of alkyl halides is 3. The number of rotatable bonds is 12. The summed E-state index contributed by atoms with van der Waals surface area (Å²) in [6, 6.07) is 7.14. The largest absolute Gasteiger partial charge is 0.491 e. The number of carboxylic acids is 1. The van der Waals surface area contributed by atoms with Gasteiger partial charge in [0.05, 0.1) is 18.8 Å². The van der Waals surface area contributed by atoms with Crippen LogP contribution < -0.4 is 15.0 Å². The Balaban J connectivity index is 1.51. The lowest BCUT2D eigenvalue weighted by atomic mass is 9.84. The number of hydrogen-bond donors (Lipinski definition) is 2. The Kier molecular flexibility index (Phi) is 9.14. The van der Waals surface area contributed by atoms with E-state index < -0.39 is 23.5 Å². The van der Waals surface area contributed by atoms with Gasteiger partial charge in [0.2, 0.25) is 0 Å². The molecule has 2 N–H and O–H groups in total. The zero-order valence-electron chi connectivity index (χ0n) is 25.8. The number of fused-ring (bicyclic) bond motifs is 1. The Labute approximate surface area is 259 Å². The number of halogens is 3. The first kappa shape index (κ1) is 32.3. The molecule has 0 bridgehead atoms. The molecule has 45 heavy (non-hydrogen) atoms. The van der Waals surface area contributed by atoms with Crippen LogP contribution in [0.15, 0.2) is 30.5 Å². The Bertz CT molecular complexity index is 1600. The molecule has 3 heterocycles. The second-order valence-electron chi connectivity index (χ2n) is 12.9. The summed E-state index contributed by atoms with van der Waals surface area (Å²) in [7, 11) is 0. The molecule has 1 aromatic carbocycles. The normalized spacial score (nSPS) is 15.5. The lowest BCUT2D eigenvalue weighted by Gasteiger charge is -2.29. The molecule has 2 aliphatic rings. The van der Waals surface area contributed by atoms with Gasteiger partial charge in [-0.2, -0.15) is 13.2 Å². The van der Waals surface area contributed by atoms with Crippen molar-refractivity contribution in [3.05, 3.63) is 47.3 Å². The van der Waals surface area contributed by atoms with Gasteiger partial charge in [-0.3, -0.25) is 14.4 Å². The number of benzene rings is 1. The SMILES string of the molecule is CC(C)(C)c1cc(C(=O)Cn2cc3ccc(C4CC4)nc3c2NC(=O)C(F)(F)F)cc(N2CCCC2)c1OCCCCC(=O)O. The van der Waals surface area contributed by atoms with E-state index in [1.165, 1.54) is 4.57 Å². The quantitative estimate of drug-likeness (QED) is 0.167. The van der Waals surface area contributed by atoms with Gasteiger partial charge in [0, 0.05) is 53.8 Å². The van der Waals surface area contributed by atoms with Crippen LogP contribution in [0.1, 0.15) is 93.3 Å². The van der Waals surface area contributed by atoms with E-state index in [0.717, 1.165) is 55.7 Å². The second-order valence-corrected chi connectivity index (χ2v) is 12.9. The molecule has 0 spiro atoms. The summed E-state index contributed by atoms with van der Waals surface area (Å²) >= 11 is 0. The number of carbonyl (C=O) groups excluding carboxylic acids is 2. The van der Waals surface area contributed by atoms with Crippen molar-refractivity contribution in [3.63, 3.8) is 0 Å². The van der Waals surface area contributed by atoms with Gasteiger partial charge in [-0.1, -0.05) is 20.8 Å². The number of aromatic nitrogens is 2. The summed E-state index contributed by atoms with van der Waals surface area (Å²) in [4.78, 5) is 43.7. The summed E-state index contributed by atoms with van der Waals surface area (Å²) in [5.74, 6) is -2.62. The lowest BCUT2D eigenvalue weighted by molar-refractivity contribution is -0.167. The smallest absolute Gasteiger partial charge is 0.471 e. The Morgan fingerprint density at radius 3 is 2.40 bits per heavy atom. The number of pyridine rings is 1. The van der Waals surface area contributed by atoms with Crippen molar-refractivity contribution >= 4 is 40.1 Å². The van der Waals surface area contributed by atoms with E-state index in [4.69, 9.17) is 9.84 Å². The molecule has 5 rings (SSSR count). The van der Waals surface area contributed by atoms with Crippen molar-refractivity contribution in [2.24, 2.45) is 0 Å². The van der Waals surface area contributed by atoms with Crippen molar-refractivity contribution in [1.82, 2.24) is 9.55 Å². The highest BCUT2D eigenvalue weighted by Crippen LogP contribution is 2.43. The van der Waals surface area contributed by atoms with Gasteiger partial charge in [-0.05, 0) is 68.2 Å². The van der Waals surface area contributed by atoms with E-state index in [1.807, 2.05) is 32.2 Å². The van der Waals surface area contributed by atoms with E-state index in [0.29, 0.717) is 36.1 Å². The fourth-order valence-corrected chi connectivity index (χ4v) is 5.66. The molecule has 9 nitrogen and oxygen atoms in total. The third kappa shape index (κ3) is 7.59. The average molecular weight is 629 g/mol. The van der Waals surface area contributed by atoms with Crippen LogP contribution in [0.3, 0.4) is 0 Å². The summed E-state index contributed by atoms with van der Waals surface area (Å²) in [5.41, 5.74) is 2.46. The van der Waals surface area contributed by atoms with Gasteiger partial charge in [0.15, 0.2) is 5.78 Å². The zero-order valence-corrected chi connectivity index (χ0v) is 25.8. The minimum atomic E-state index is -5.12. The summed E-state index contributed by atoms with van der Waals surface area (Å²) in [5, 5.41) is 11.5. The van der Waals surface area contributed by atoms with Crippen LogP contribution >= 0.6 is 0 Å².